The number of nitrogens with zero attached hydrogens (tertiary/aromatic N) is 1. The number of rotatable bonds is 6. The van der Waals surface area contributed by atoms with Gasteiger partial charge in [-0.15, -0.1) is 0 Å². The van der Waals surface area contributed by atoms with Gasteiger partial charge < -0.3 is 10.7 Å². The number of hydrogen-bond donors (Lipinski definition) is 2. The van der Waals surface area contributed by atoms with Gasteiger partial charge in [-0.25, -0.2) is 21.1 Å². The number of primary amides is 1. The second-order valence-electron chi connectivity index (χ2n) is 8.39. The maximum absolute atomic E-state index is 13.3. The van der Waals surface area contributed by atoms with Crippen LogP contribution < -0.4 is 5.73 Å². The van der Waals surface area contributed by atoms with Crippen LogP contribution in [0.15, 0.2) is 52.4 Å². The minimum Gasteiger partial charge on any atom is -0.366 e. The van der Waals surface area contributed by atoms with Gasteiger partial charge in [-0.1, -0.05) is 17.7 Å². The number of hydrogen-bond acceptors (Lipinski definition) is 5. The first-order valence-corrected chi connectivity index (χ1v) is 13.9. The van der Waals surface area contributed by atoms with Gasteiger partial charge in [0, 0.05) is 24.7 Å². The summed E-state index contributed by atoms with van der Waals surface area (Å²) in [5.41, 5.74) is 7.99. The van der Waals surface area contributed by atoms with E-state index in [0.29, 0.717) is 36.8 Å². The lowest BCUT2D eigenvalue weighted by atomic mass is 9.89. The third-order valence-electron chi connectivity index (χ3n) is 6.35. The molecule has 8 nitrogen and oxygen atoms in total. The molecule has 0 aliphatic carbocycles. The zero-order valence-electron chi connectivity index (χ0n) is 18.5. The molecule has 176 valence electrons. The number of fused-ring (bicyclic) bond motifs is 1. The van der Waals surface area contributed by atoms with Crippen LogP contribution in [0.4, 0.5) is 0 Å². The van der Waals surface area contributed by atoms with Crippen LogP contribution in [0.1, 0.15) is 47.2 Å². The van der Waals surface area contributed by atoms with Gasteiger partial charge >= 0.3 is 0 Å². The fraction of sp³-hybridized carbons (Fsp3) is 0.348. The maximum Gasteiger partial charge on any atom is 0.250 e. The van der Waals surface area contributed by atoms with E-state index >= 15 is 0 Å². The van der Waals surface area contributed by atoms with Crippen molar-refractivity contribution in [2.75, 3.05) is 18.8 Å². The molecule has 1 aliphatic heterocycles. The number of aromatic nitrogens is 1. The van der Waals surface area contributed by atoms with Crippen molar-refractivity contribution in [2.45, 2.75) is 42.4 Å². The van der Waals surface area contributed by atoms with Crippen LogP contribution in [-0.4, -0.2) is 50.9 Å². The number of nitrogens with one attached hydrogen (secondary N) is 1. The molecule has 0 unspecified atom stereocenters. The Morgan fingerprint density at radius 3 is 2.27 bits per heavy atom. The monoisotopic (exact) mass is 489 g/mol. The lowest BCUT2D eigenvalue weighted by molar-refractivity contribution is 0.100. The predicted octanol–water partition coefficient (Wildman–Crippen LogP) is 2.94. The number of sulfonamides is 1. The van der Waals surface area contributed by atoms with E-state index < -0.39 is 25.8 Å². The number of aromatic amines is 1. The lowest BCUT2D eigenvalue weighted by Gasteiger charge is -2.31. The molecule has 0 radical (unpaired) electrons. The van der Waals surface area contributed by atoms with Crippen molar-refractivity contribution in [2.24, 2.45) is 5.73 Å². The average molecular weight is 490 g/mol. The first-order valence-electron chi connectivity index (χ1n) is 10.8. The van der Waals surface area contributed by atoms with E-state index in [1.807, 2.05) is 6.92 Å². The highest BCUT2D eigenvalue weighted by Crippen LogP contribution is 2.37. The Morgan fingerprint density at radius 2 is 1.70 bits per heavy atom. The third-order valence-corrected chi connectivity index (χ3v) is 9.98. The van der Waals surface area contributed by atoms with E-state index in [1.54, 1.807) is 43.5 Å². The summed E-state index contributed by atoms with van der Waals surface area (Å²) in [4.78, 5) is 15.4. The van der Waals surface area contributed by atoms with Crippen molar-refractivity contribution in [3.8, 4) is 0 Å². The van der Waals surface area contributed by atoms with Crippen LogP contribution >= 0.6 is 0 Å². The smallest absolute Gasteiger partial charge is 0.250 e. The van der Waals surface area contributed by atoms with E-state index in [9.17, 15) is 21.6 Å². The van der Waals surface area contributed by atoms with Gasteiger partial charge in [-0.05, 0) is 62.4 Å². The fourth-order valence-corrected chi connectivity index (χ4v) is 6.84. The highest BCUT2D eigenvalue weighted by Gasteiger charge is 2.30. The van der Waals surface area contributed by atoms with Crippen molar-refractivity contribution < 1.29 is 21.6 Å². The van der Waals surface area contributed by atoms with E-state index in [2.05, 4.69) is 4.98 Å². The van der Waals surface area contributed by atoms with Gasteiger partial charge in [-0.2, -0.15) is 0 Å². The van der Waals surface area contributed by atoms with Crippen LogP contribution in [0.25, 0.3) is 10.9 Å². The van der Waals surface area contributed by atoms with Gasteiger partial charge in [0.25, 0.3) is 5.91 Å². The number of nitrogens with two attached hydrogens (primary N) is 1. The number of sulfone groups is 1. The van der Waals surface area contributed by atoms with Gasteiger partial charge in [0.15, 0.2) is 0 Å². The quantitative estimate of drug-likeness (QED) is 0.550. The van der Waals surface area contributed by atoms with Crippen molar-refractivity contribution in [1.82, 2.24) is 9.29 Å². The molecule has 2 heterocycles. The fourth-order valence-electron chi connectivity index (χ4n) is 4.39. The molecule has 1 amide bonds. The van der Waals surface area contributed by atoms with Crippen LogP contribution in [0.2, 0.25) is 0 Å². The Morgan fingerprint density at radius 1 is 1.06 bits per heavy atom. The Labute approximate surface area is 193 Å². The molecule has 3 N–H and O–H groups in total. The molecular formula is C23H27N3O5S2. The molecule has 4 rings (SSSR count). The van der Waals surface area contributed by atoms with Crippen LogP contribution in [0.5, 0.6) is 0 Å². The minimum absolute atomic E-state index is 0.000463. The number of piperidine rings is 1. The number of amides is 1. The summed E-state index contributed by atoms with van der Waals surface area (Å²) < 4.78 is 52.5. The second kappa shape index (κ2) is 8.58. The normalized spacial score (nSPS) is 16.3. The van der Waals surface area contributed by atoms with Crippen molar-refractivity contribution in [1.29, 1.82) is 0 Å². The predicted molar refractivity (Wildman–Crippen MR) is 126 cm³/mol. The van der Waals surface area contributed by atoms with Gasteiger partial charge in [0.05, 0.1) is 26.6 Å². The van der Waals surface area contributed by atoms with Crippen LogP contribution in [0, 0.1) is 6.92 Å². The van der Waals surface area contributed by atoms with Gasteiger partial charge in [-0.3, -0.25) is 4.79 Å². The first kappa shape index (κ1) is 23.5. The van der Waals surface area contributed by atoms with E-state index in [1.165, 1.54) is 10.4 Å². The zero-order valence-corrected chi connectivity index (χ0v) is 20.2. The van der Waals surface area contributed by atoms with Crippen LogP contribution in [0.3, 0.4) is 0 Å². The molecule has 0 spiro atoms. The summed E-state index contributed by atoms with van der Waals surface area (Å²) in [6, 6.07) is 9.43. The van der Waals surface area contributed by atoms with E-state index in [0.717, 1.165) is 11.1 Å². The van der Waals surface area contributed by atoms with Crippen LogP contribution in [-0.2, 0) is 19.9 Å². The summed E-state index contributed by atoms with van der Waals surface area (Å²) >= 11 is 0. The molecule has 3 aromatic rings. The molecule has 0 atom stereocenters. The SMILES string of the molecule is CCS(=O)(=O)N1CCC(c2c[nH]c3c(C(N)=O)cc(S(=O)(=O)c4ccc(C)cc4)cc23)CC1. The van der Waals surface area contributed by atoms with Gasteiger partial charge in [0.1, 0.15) is 0 Å². The van der Waals surface area contributed by atoms with E-state index in [-0.39, 0.29) is 27.0 Å². The Hall–Kier alpha value is -2.69. The zero-order chi connectivity index (χ0) is 24.0. The number of benzene rings is 2. The molecule has 1 fully saturated rings. The maximum atomic E-state index is 13.3. The van der Waals surface area contributed by atoms with Crippen molar-refractivity contribution in [3.05, 3.63) is 59.3 Å². The highest BCUT2D eigenvalue weighted by molar-refractivity contribution is 7.91. The summed E-state index contributed by atoms with van der Waals surface area (Å²) in [6.07, 6.45) is 2.98. The number of aryl methyl sites for hydroxylation is 1. The molecule has 2 aromatic carbocycles. The Balaban J connectivity index is 1.77. The molecule has 1 aromatic heterocycles. The lowest BCUT2D eigenvalue weighted by Crippen LogP contribution is -2.38. The minimum atomic E-state index is -3.87. The summed E-state index contributed by atoms with van der Waals surface area (Å²) in [5.74, 6) is -0.634. The summed E-state index contributed by atoms with van der Waals surface area (Å²) in [5, 5.41) is 0.619. The number of H-pyrrole nitrogens is 1. The van der Waals surface area contributed by atoms with Gasteiger partial charge in [0.2, 0.25) is 19.9 Å². The molecule has 10 heteroatoms. The van der Waals surface area contributed by atoms with Crippen molar-refractivity contribution in [3.63, 3.8) is 0 Å². The molecule has 1 saturated heterocycles. The topological polar surface area (TPSA) is 130 Å². The molecule has 33 heavy (non-hydrogen) atoms. The molecule has 0 bridgehead atoms. The molecule has 0 saturated carbocycles. The highest BCUT2D eigenvalue weighted by atomic mass is 32.2. The number of carbonyl (C=O) groups is 1. The number of carbonyl (C=O) groups excluding carboxylic acids is 1. The standard InChI is InChI=1S/C23H27N3O5S2/c1-3-32(28,29)26-10-8-16(9-11-26)21-14-25-22-19(21)12-18(13-20(22)23(24)27)33(30,31)17-6-4-15(2)5-7-17/h4-7,12-14,16,25H,3,8-11H2,1-2H3,(H2,24,27). The summed E-state index contributed by atoms with van der Waals surface area (Å²) in [7, 11) is -7.12. The third kappa shape index (κ3) is 4.30. The first-order chi connectivity index (χ1) is 15.5. The summed E-state index contributed by atoms with van der Waals surface area (Å²) in [6.45, 7) is 4.30. The average Bonchev–Trinajstić information content (AvgIpc) is 3.22. The largest absolute Gasteiger partial charge is 0.366 e. The van der Waals surface area contributed by atoms with E-state index in [4.69, 9.17) is 5.73 Å². The Kier molecular flexibility index (Phi) is 6.10. The Bertz CT molecular complexity index is 1420. The van der Waals surface area contributed by atoms with Crippen molar-refractivity contribution >= 4 is 36.7 Å². The second-order valence-corrected chi connectivity index (χ2v) is 12.6. The molecule has 1 aliphatic rings. The molecular weight excluding hydrogens is 462 g/mol.